The zero-order valence-corrected chi connectivity index (χ0v) is 19.0. The van der Waals surface area contributed by atoms with E-state index < -0.39 is 24.6 Å². The molecule has 0 unspecified atom stereocenters. The van der Waals surface area contributed by atoms with E-state index in [4.69, 9.17) is 16.3 Å². The summed E-state index contributed by atoms with van der Waals surface area (Å²) < 4.78 is 5.85. The van der Waals surface area contributed by atoms with Gasteiger partial charge in [-0.3, -0.25) is 0 Å². The smallest absolute Gasteiger partial charge is 0.550 e. The third kappa shape index (κ3) is 8.71. The Balaban J connectivity index is 0.00000364. The molecule has 1 aliphatic rings. The maximum Gasteiger partial charge on any atom is 1.00 e. The number of ether oxygens (including phenoxy) is 1. The molecular weight excluding hydrogens is 379 g/mol. The van der Waals surface area contributed by atoms with Gasteiger partial charge in [-0.15, -0.1) is 0 Å². The van der Waals surface area contributed by atoms with E-state index in [0.717, 1.165) is 23.3 Å². The van der Waals surface area contributed by atoms with Gasteiger partial charge in [0.2, 0.25) is 0 Å². The SMILES string of the molecule is Cc1cc(Cl)cc(CC2CCCCC2)c1OC[C@@H](O)C[C@@H](O)CC(=O)[O-].[Na+]. The first-order valence-electron chi connectivity index (χ1n) is 9.33. The maximum atomic E-state index is 10.5. The Morgan fingerprint density at radius 2 is 1.93 bits per heavy atom. The van der Waals surface area contributed by atoms with Crippen LogP contribution in [0.2, 0.25) is 5.02 Å². The summed E-state index contributed by atoms with van der Waals surface area (Å²) in [5.41, 5.74) is 1.95. The fraction of sp³-hybridized carbons (Fsp3) is 0.650. The molecule has 0 aromatic heterocycles. The number of carboxylic acid groups (broad SMARTS) is 1. The molecule has 27 heavy (non-hydrogen) atoms. The van der Waals surface area contributed by atoms with Gasteiger partial charge in [-0.05, 0) is 42.5 Å². The van der Waals surface area contributed by atoms with Gasteiger partial charge in [-0.25, -0.2) is 0 Å². The first kappa shape index (κ1) is 24.7. The van der Waals surface area contributed by atoms with E-state index in [1.165, 1.54) is 32.1 Å². The van der Waals surface area contributed by atoms with Crippen molar-refractivity contribution in [3.8, 4) is 5.75 Å². The molecule has 0 radical (unpaired) electrons. The number of aryl methyl sites for hydroxylation is 1. The molecule has 0 spiro atoms. The number of carbonyl (C=O) groups is 1. The topological polar surface area (TPSA) is 89.8 Å². The van der Waals surface area contributed by atoms with E-state index in [0.29, 0.717) is 10.9 Å². The molecule has 2 rings (SSSR count). The summed E-state index contributed by atoms with van der Waals surface area (Å²) in [6, 6.07) is 3.76. The van der Waals surface area contributed by atoms with Crippen LogP contribution in [0.4, 0.5) is 0 Å². The first-order valence-corrected chi connectivity index (χ1v) is 9.70. The number of rotatable bonds is 9. The van der Waals surface area contributed by atoms with Crippen molar-refractivity contribution in [2.45, 2.75) is 70.5 Å². The summed E-state index contributed by atoms with van der Waals surface area (Å²) in [6.45, 7) is 1.91. The zero-order valence-electron chi connectivity index (χ0n) is 16.2. The average molecular weight is 407 g/mol. The van der Waals surface area contributed by atoms with Crippen molar-refractivity contribution in [2.24, 2.45) is 5.92 Å². The van der Waals surface area contributed by atoms with Crippen molar-refractivity contribution in [2.75, 3.05) is 6.61 Å². The van der Waals surface area contributed by atoms with Gasteiger partial charge in [0.05, 0.1) is 12.2 Å². The third-order valence-electron chi connectivity index (χ3n) is 4.92. The second-order valence-electron chi connectivity index (χ2n) is 7.35. The Kier molecular flexibility index (Phi) is 11.3. The van der Waals surface area contributed by atoms with Crippen molar-refractivity contribution >= 4 is 17.6 Å². The quantitative estimate of drug-likeness (QED) is 0.535. The Hall–Kier alpha value is -0.300. The van der Waals surface area contributed by atoms with E-state index >= 15 is 0 Å². The van der Waals surface area contributed by atoms with Crippen molar-refractivity contribution in [3.63, 3.8) is 0 Å². The summed E-state index contributed by atoms with van der Waals surface area (Å²) in [5.74, 6) is 0.0149. The maximum absolute atomic E-state index is 10.5. The van der Waals surface area contributed by atoms with E-state index in [2.05, 4.69) is 0 Å². The summed E-state index contributed by atoms with van der Waals surface area (Å²) in [4.78, 5) is 10.5. The molecule has 0 saturated heterocycles. The number of hydrogen-bond acceptors (Lipinski definition) is 5. The molecule has 1 fully saturated rings. The van der Waals surface area contributed by atoms with Crippen LogP contribution in [-0.4, -0.2) is 35.0 Å². The minimum atomic E-state index is -1.34. The number of carbonyl (C=O) groups excluding carboxylic acids is 1. The average Bonchev–Trinajstić information content (AvgIpc) is 2.54. The van der Waals surface area contributed by atoms with E-state index in [1.54, 1.807) is 0 Å². The van der Waals surface area contributed by atoms with Crippen LogP contribution in [0.5, 0.6) is 5.75 Å². The Morgan fingerprint density at radius 1 is 1.26 bits per heavy atom. The molecule has 0 bridgehead atoms. The predicted molar refractivity (Wildman–Crippen MR) is 98.2 cm³/mol. The fourth-order valence-corrected chi connectivity index (χ4v) is 3.99. The third-order valence-corrected chi connectivity index (χ3v) is 5.13. The van der Waals surface area contributed by atoms with Crippen LogP contribution in [0.1, 0.15) is 56.1 Å². The second-order valence-corrected chi connectivity index (χ2v) is 7.79. The molecule has 1 saturated carbocycles. The molecular formula is C20H28ClNaO5. The van der Waals surface area contributed by atoms with Crippen molar-refractivity contribution in [3.05, 3.63) is 28.3 Å². The number of aliphatic hydroxyl groups is 2. The Labute approximate surface area is 188 Å². The van der Waals surface area contributed by atoms with Gasteiger partial charge in [-0.2, -0.15) is 0 Å². The molecule has 1 aliphatic carbocycles. The van der Waals surface area contributed by atoms with E-state index in [1.807, 2.05) is 19.1 Å². The summed E-state index contributed by atoms with van der Waals surface area (Å²) in [7, 11) is 0. The molecule has 0 aliphatic heterocycles. The summed E-state index contributed by atoms with van der Waals surface area (Å²) in [5, 5.41) is 30.8. The van der Waals surface area contributed by atoms with Gasteiger partial charge < -0.3 is 24.9 Å². The van der Waals surface area contributed by atoms with Crippen LogP contribution in [0, 0.1) is 12.8 Å². The number of aliphatic hydroxyl groups excluding tert-OH is 2. The Morgan fingerprint density at radius 3 is 2.56 bits per heavy atom. The van der Waals surface area contributed by atoms with E-state index in [9.17, 15) is 20.1 Å². The molecule has 1 aromatic carbocycles. The summed E-state index contributed by atoms with van der Waals surface area (Å²) in [6.07, 6.45) is 4.47. The molecule has 146 valence electrons. The van der Waals surface area contributed by atoms with Crippen molar-refractivity contribution < 1.29 is 54.4 Å². The standard InChI is InChI=1S/C20H29ClO5.Na/c1-13-7-16(21)9-15(8-14-5-3-2-4-6-14)20(13)26-12-18(23)10-17(22)11-19(24)25;/h7,9,14,17-18,22-23H,2-6,8,10-12H2,1H3,(H,24,25);/q;+1/p-1/t17-,18+;/m1./s1. The molecule has 1 aromatic rings. The Bertz CT molecular complexity index is 604. The zero-order chi connectivity index (χ0) is 19.1. The number of benzene rings is 1. The van der Waals surface area contributed by atoms with Gasteiger partial charge in [0.15, 0.2) is 0 Å². The number of hydrogen-bond donors (Lipinski definition) is 2. The van der Waals surface area contributed by atoms with Gasteiger partial charge in [0.1, 0.15) is 12.4 Å². The minimum Gasteiger partial charge on any atom is -0.550 e. The number of halogens is 1. The monoisotopic (exact) mass is 406 g/mol. The summed E-state index contributed by atoms with van der Waals surface area (Å²) >= 11 is 6.22. The van der Waals surface area contributed by atoms with Crippen LogP contribution in [0.15, 0.2) is 12.1 Å². The van der Waals surface area contributed by atoms with Gasteiger partial charge in [-0.1, -0.05) is 43.7 Å². The minimum absolute atomic E-state index is 0. The molecule has 5 nitrogen and oxygen atoms in total. The largest absolute Gasteiger partial charge is 1.00 e. The molecule has 0 heterocycles. The van der Waals surface area contributed by atoms with Crippen molar-refractivity contribution in [1.29, 1.82) is 0 Å². The van der Waals surface area contributed by atoms with Gasteiger partial charge >= 0.3 is 29.6 Å². The van der Waals surface area contributed by atoms with Crippen molar-refractivity contribution in [1.82, 2.24) is 0 Å². The second kappa shape index (κ2) is 12.3. The number of aliphatic carboxylic acids is 1. The van der Waals surface area contributed by atoms with Crippen LogP contribution < -0.4 is 39.4 Å². The van der Waals surface area contributed by atoms with Crippen LogP contribution in [-0.2, 0) is 11.2 Å². The van der Waals surface area contributed by atoms with Crippen LogP contribution in [0.25, 0.3) is 0 Å². The predicted octanol–water partition coefficient (Wildman–Crippen LogP) is -0.594. The molecule has 2 N–H and O–H groups in total. The van der Waals surface area contributed by atoms with Gasteiger partial charge in [0, 0.05) is 23.8 Å². The number of carboxylic acids is 1. The molecule has 2 atom stereocenters. The normalized spacial score (nSPS) is 17.0. The van der Waals surface area contributed by atoms with E-state index in [-0.39, 0.29) is 42.6 Å². The van der Waals surface area contributed by atoms with Gasteiger partial charge in [0.25, 0.3) is 0 Å². The van der Waals surface area contributed by atoms with Crippen LogP contribution >= 0.6 is 11.6 Å². The molecule has 0 amide bonds. The van der Waals surface area contributed by atoms with Crippen LogP contribution in [0.3, 0.4) is 0 Å². The molecule has 7 heteroatoms. The fourth-order valence-electron chi connectivity index (χ4n) is 3.70. The first-order chi connectivity index (χ1) is 12.3.